The van der Waals surface area contributed by atoms with E-state index in [9.17, 15) is 0 Å². The topological polar surface area (TPSA) is 24.9 Å². The second kappa shape index (κ2) is 6.66. The molecule has 110 valence electrons. The van der Waals surface area contributed by atoms with Crippen molar-refractivity contribution in [1.82, 2.24) is 4.90 Å². The fraction of sp³-hybridized carbons (Fsp3) is 0.500. The van der Waals surface area contributed by atoms with Gasteiger partial charge in [-0.3, -0.25) is 0 Å². The first-order chi connectivity index (χ1) is 9.63. The fourth-order valence-electron chi connectivity index (χ4n) is 2.32. The summed E-state index contributed by atoms with van der Waals surface area (Å²) in [4.78, 5) is 4.41. The van der Waals surface area contributed by atoms with Crippen LogP contribution in [0, 0.1) is 0 Å². The minimum absolute atomic E-state index is 0.810. The quantitative estimate of drug-likeness (QED) is 0.789. The zero-order valence-electron chi connectivity index (χ0n) is 12.8. The number of rotatable bonds is 4. The van der Waals surface area contributed by atoms with Crippen molar-refractivity contribution in [3.05, 3.63) is 35.5 Å². The van der Waals surface area contributed by atoms with Crippen molar-refractivity contribution in [2.45, 2.75) is 6.92 Å². The maximum Gasteiger partial charge on any atom is 0.144 e. The lowest BCUT2D eigenvalue weighted by Crippen LogP contribution is -2.36. The van der Waals surface area contributed by atoms with E-state index in [1.54, 1.807) is 7.11 Å². The van der Waals surface area contributed by atoms with E-state index >= 15 is 0 Å². The van der Waals surface area contributed by atoms with Gasteiger partial charge >= 0.3 is 0 Å². The Morgan fingerprint density at radius 1 is 1.15 bits per heavy atom. The summed E-state index contributed by atoms with van der Waals surface area (Å²) in [6.07, 6.45) is 0. The number of allylic oxidation sites excluding steroid dienone is 1. The Balaban J connectivity index is 2.20. The number of ether oxygens (including phenoxy) is 2. The highest BCUT2D eigenvalue weighted by Gasteiger charge is 2.12. The summed E-state index contributed by atoms with van der Waals surface area (Å²) < 4.78 is 10.9. The predicted octanol–water partition coefficient (Wildman–Crippen LogP) is 2.42. The van der Waals surface area contributed by atoms with Crippen LogP contribution in [0.3, 0.4) is 0 Å². The molecule has 0 saturated carbocycles. The molecule has 0 aromatic heterocycles. The van der Waals surface area contributed by atoms with Gasteiger partial charge in [0.2, 0.25) is 0 Å². The van der Waals surface area contributed by atoms with Crippen LogP contribution < -0.4 is 4.90 Å². The molecule has 4 nitrogen and oxygen atoms in total. The van der Waals surface area contributed by atoms with Gasteiger partial charge in [-0.25, -0.2) is 0 Å². The number of benzene rings is 1. The Morgan fingerprint density at radius 2 is 1.75 bits per heavy atom. The summed E-state index contributed by atoms with van der Waals surface area (Å²) in [5, 5.41) is 0. The molecule has 1 aromatic rings. The molecule has 1 aromatic carbocycles. The number of hydrogen-bond donors (Lipinski definition) is 0. The average molecular weight is 276 g/mol. The van der Waals surface area contributed by atoms with Gasteiger partial charge in [0.15, 0.2) is 0 Å². The first-order valence-electron chi connectivity index (χ1n) is 6.99. The van der Waals surface area contributed by atoms with Crippen LogP contribution in [0.1, 0.15) is 12.5 Å². The third-order valence-corrected chi connectivity index (χ3v) is 3.71. The van der Waals surface area contributed by atoms with Crippen molar-refractivity contribution in [3.63, 3.8) is 0 Å². The number of anilines is 1. The van der Waals surface area contributed by atoms with Crippen molar-refractivity contribution in [2.75, 3.05) is 52.4 Å². The van der Waals surface area contributed by atoms with Crippen LogP contribution in [-0.2, 0) is 9.47 Å². The molecule has 0 atom stereocenters. The highest BCUT2D eigenvalue weighted by molar-refractivity contribution is 5.64. The summed E-state index contributed by atoms with van der Waals surface area (Å²) in [5.74, 6) is 0.920. The molecule has 1 aliphatic rings. The minimum atomic E-state index is 0.810. The number of hydrogen-bond acceptors (Lipinski definition) is 4. The first kappa shape index (κ1) is 14.7. The van der Waals surface area contributed by atoms with Gasteiger partial charge in [-0.2, -0.15) is 0 Å². The molecule has 0 amide bonds. The Bertz CT molecular complexity index is 460. The van der Waals surface area contributed by atoms with E-state index in [2.05, 4.69) is 41.0 Å². The van der Waals surface area contributed by atoms with E-state index < -0.39 is 0 Å². The molecular weight excluding hydrogens is 252 g/mol. The molecule has 0 spiro atoms. The number of morpholine rings is 1. The third-order valence-electron chi connectivity index (χ3n) is 3.71. The maximum absolute atomic E-state index is 5.55. The molecule has 20 heavy (non-hydrogen) atoms. The van der Waals surface area contributed by atoms with Crippen molar-refractivity contribution < 1.29 is 9.47 Å². The molecule has 1 aliphatic heterocycles. The zero-order valence-corrected chi connectivity index (χ0v) is 12.8. The second-order valence-electron chi connectivity index (χ2n) is 5.16. The Kier molecular flexibility index (Phi) is 4.90. The van der Waals surface area contributed by atoms with Gasteiger partial charge in [-0.15, -0.1) is 0 Å². The molecule has 0 N–H and O–H groups in total. The molecule has 0 unspecified atom stereocenters. The van der Waals surface area contributed by atoms with Crippen molar-refractivity contribution >= 4 is 11.4 Å². The van der Waals surface area contributed by atoms with Crippen molar-refractivity contribution in [2.24, 2.45) is 0 Å². The third kappa shape index (κ3) is 3.25. The van der Waals surface area contributed by atoms with Gasteiger partial charge in [0.25, 0.3) is 0 Å². The average Bonchev–Trinajstić information content (AvgIpc) is 2.49. The normalized spacial score (nSPS) is 16.7. The van der Waals surface area contributed by atoms with Crippen LogP contribution in [0.2, 0.25) is 0 Å². The van der Waals surface area contributed by atoms with Gasteiger partial charge < -0.3 is 19.3 Å². The Morgan fingerprint density at radius 3 is 2.25 bits per heavy atom. The van der Waals surface area contributed by atoms with E-state index in [1.165, 1.54) is 5.69 Å². The molecule has 0 radical (unpaired) electrons. The summed E-state index contributed by atoms with van der Waals surface area (Å²) in [7, 11) is 5.77. The number of methoxy groups -OCH3 is 1. The predicted molar refractivity (Wildman–Crippen MR) is 82.8 cm³/mol. The van der Waals surface area contributed by atoms with Crippen molar-refractivity contribution in [3.8, 4) is 0 Å². The molecule has 2 rings (SSSR count). The summed E-state index contributed by atoms with van der Waals surface area (Å²) >= 11 is 0. The largest absolute Gasteiger partial charge is 0.494 e. The van der Waals surface area contributed by atoms with Crippen LogP contribution >= 0.6 is 0 Å². The maximum atomic E-state index is 5.55. The smallest absolute Gasteiger partial charge is 0.144 e. The van der Waals surface area contributed by atoms with Gasteiger partial charge in [0.05, 0.1) is 26.0 Å². The fourth-order valence-corrected chi connectivity index (χ4v) is 2.32. The molecule has 4 heteroatoms. The molecule has 1 heterocycles. The Labute approximate surface area is 121 Å². The minimum Gasteiger partial charge on any atom is -0.494 e. The Hall–Kier alpha value is -1.68. The molecule has 0 bridgehead atoms. The van der Waals surface area contributed by atoms with Crippen LogP contribution in [0.15, 0.2) is 30.0 Å². The zero-order chi connectivity index (χ0) is 14.5. The lowest BCUT2D eigenvalue weighted by atomic mass is 10.1. The number of nitrogens with zero attached hydrogens (tertiary/aromatic N) is 2. The van der Waals surface area contributed by atoms with Crippen LogP contribution in [0.25, 0.3) is 5.76 Å². The molecular formula is C16H24N2O2. The SMILES string of the molecule is CO/C(=C(/C)N(C)C)c1ccc(N2CCOCC2)cc1. The molecule has 1 saturated heterocycles. The molecule has 0 aliphatic carbocycles. The van der Waals surface area contributed by atoms with E-state index in [-0.39, 0.29) is 0 Å². The van der Waals surface area contributed by atoms with Crippen LogP contribution in [0.4, 0.5) is 5.69 Å². The standard InChI is InChI=1S/C16H24N2O2/c1-13(17(2)3)16(19-4)14-5-7-15(8-6-14)18-9-11-20-12-10-18/h5-8H,9-12H2,1-4H3/b16-13-. The van der Waals surface area contributed by atoms with E-state index in [4.69, 9.17) is 9.47 Å². The van der Waals surface area contributed by atoms with Gasteiger partial charge in [-0.1, -0.05) is 0 Å². The van der Waals surface area contributed by atoms with Gasteiger partial charge in [0.1, 0.15) is 5.76 Å². The summed E-state index contributed by atoms with van der Waals surface area (Å²) in [6, 6.07) is 8.55. The van der Waals surface area contributed by atoms with E-state index in [0.29, 0.717) is 0 Å². The second-order valence-corrected chi connectivity index (χ2v) is 5.16. The lowest BCUT2D eigenvalue weighted by molar-refractivity contribution is 0.122. The van der Waals surface area contributed by atoms with Crippen LogP contribution in [0.5, 0.6) is 0 Å². The van der Waals surface area contributed by atoms with Gasteiger partial charge in [-0.05, 0) is 31.2 Å². The van der Waals surface area contributed by atoms with Gasteiger partial charge in [0, 0.05) is 38.4 Å². The first-order valence-corrected chi connectivity index (χ1v) is 6.99. The van der Waals surface area contributed by atoms with Crippen LogP contribution in [-0.4, -0.2) is 52.4 Å². The highest BCUT2D eigenvalue weighted by Crippen LogP contribution is 2.24. The lowest BCUT2D eigenvalue weighted by Gasteiger charge is -2.29. The summed E-state index contributed by atoms with van der Waals surface area (Å²) in [5.41, 5.74) is 3.47. The highest BCUT2D eigenvalue weighted by atomic mass is 16.5. The molecule has 1 fully saturated rings. The van der Waals surface area contributed by atoms with Crippen molar-refractivity contribution in [1.29, 1.82) is 0 Å². The van der Waals surface area contributed by atoms with E-state index in [1.807, 2.05) is 14.1 Å². The monoisotopic (exact) mass is 276 g/mol. The summed E-state index contributed by atoms with van der Waals surface area (Å²) in [6.45, 7) is 5.61. The van der Waals surface area contributed by atoms with E-state index in [0.717, 1.165) is 43.3 Å².